The number of nitrogens with one attached hydrogen (secondary N) is 1. The first-order valence-corrected chi connectivity index (χ1v) is 10.6. The lowest BCUT2D eigenvalue weighted by Gasteiger charge is -2.29. The number of benzene rings is 1. The Bertz CT molecular complexity index is 864. The summed E-state index contributed by atoms with van der Waals surface area (Å²) in [5.41, 5.74) is 2.60. The molecule has 30 heavy (non-hydrogen) atoms. The van der Waals surface area contributed by atoms with Crippen LogP contribution in [0.3, 0.4) is 0 Å². The largest absolute Gasteiger partial charge is 0.379 e. The van der Waals surface area contributed by atoms with E-state index in [1.165, 1.54) is 0 Å². The third kappa shape index (κ3) is 5.13. The molecular weight excluding hydrogens is 382 g/mol. The number of hydrogen-bond donors (Lipinski definition) is 1. The van der Waals surface area contributed by atoms with E-state index in [0.29, 0.717) is 50.1 Å². The lowest BCUT2D eigenvalue weighted by molar-refractivity contribution is 0.0383. The summed E-state index contributed by atoms with van der Waals surface area (Å²) in [6.07, 6.45) is 1.65. The van der Waals surface area contributed by atoms with Crippen LogP contribution in [0.25, 0.3) is 11.4 Å². The number of rotatable bonds is 6. The fourth-order valence-electron chi connectivity index (χ4n) is 3.72. The SMILES string of the molecule is Cc1cccc(-c2ncc(C(=O)NCCN3CCOCC3)c(N3CCOCC3)n2)c1. The van der Waals surface area contributed by atoms with Gasteiger partial charge in [-0.1, -0.05) is 23.8 Å². The van der Waals surface area contributed by atoms with Gasteiger partial charge >= 0.3 is 0 Å². The second kappa shape index (κ2) is 9.97. The number of hydrogen-bond acceptors (Lipinski definition) is 7. The fraction of sp³-hybridized carbons (Fsp3) is 0.500. The lowest BCUT2D eigenvalue weighted by atomic mass is 10.1. The maximum absolute atomic E-state index is 13.0. The summed E-state index contributed by atoms with van der Waals surface area (Å²) in [5, 5.41) is 3.03. The molecule has 0 unspecified atom stereocenters. The van der Waals surface area contributed by atoms with Gasteiger partial charge in [-0.3, -0.25) is 9.69 Å². The van der Waals surface area contributed by atoms with Crippen molar-refractivity contribution in [3.05, 3.63) is 41.6 Å². The molecule has 2 saturated heterocycles. The second-order valence-corrected chi connectivity index (χ2v) is 7.61. The fourth-order valence-corrected chi connectivity index (χ4v) is 3.72. The van der Waals surface area contributed by atoms with Crippen LogP contribution in [0.5, 0.6) is 0 Å². The minimum absolute atomic E-state index is 0.138. The highest BCUT2D eigenvalue weighted by Crippen LogP contribution is 2.24. The van der Waals surface area contributed by atoms with Gasteiger partial charge in [-0.25, -0.2) is 9.97 Å². The number of ether oxygens (including phenoxy) is 2. The molecule has 0 aliphatic carbocycles. The maximum atomic E-state index is 13.0. The monoisotopic (exact) mass is 411 g/mol. The van der Waals surface area contributed by atoms with Gasteiger partial charge in [0.2, 0.25) is 0 Å². The van der Waals surface area contributed by atoms with E-state index in [2.05, 4.69) is 26.2 Å². The standard InChI is InChI=1S/C22H29N5O3/c1-17-3-2-4-18(15-17)20-24-16-19(21(25-20)27-9-13-30-14-10-27)22(28)23-5-6-26-7-11-29-12-8-26/h2-4,15-16H,5-14H2,1H3,(H,23,28). The van der Waals surface area contributed by atoms with Crippen molar-refractivity contribution in [1.82, 2.24) is 20.2 Å². The van der Waals surface area contributed by atoms with Crippen molar-refractivity contribution in [1.29, 1.82) is 0 Å². The van der Waals surface area contributed by atoms with E-state index in [1.807, 2.05) is 25.1 Å². The Kier molecular flexibility index (Phi) is 6.88. The molecule has 4 rings (SSSR count). The van der Waals surface area contributed by atoms with Gasteiger partial charge in [0, 0.05) is 51.0 Å². The molecule has 2 aliphatic rings. The molecule has 2 aromatic rings. The molecule has 1 N–H and O–H groups in total. The Morgan fingerprint density at radius 3 is 2.57 bits per heavy atom. The van der Waals surface area contributed by atoms with Crippen molar-refractivity contribution in [3.63, 3.8) is 0 Å². The van der Waals surface area contributed by atoms with Gasteiger partial charge in [0.1, 0.15) is 11.4 Å². The zero-order valence-corrected chi connectivity index (χ0v) is 17.5. The molecule has 3 heterocycles. The normalized spacial score (nSPS) is 17.7. The van der Waals surface area contributed by atoms with Gasteiger partial charge in [-0.05, 0) is 13.0 Å². The number of amides is 1. The first kappa shape index (κ1) is 20.7. The number of aromatic nitrogens is 2. The van der Waals surface area contributed by atoms with E-state index >= 15 is 0 Å². The van der Waals surface area contributed by atoms with Crippen molar-refractivity contribution < 1.29 is 14.3 Å². The Morgan fingerprint density at radius 1 is 1.10 bits per heavy atom. The van der Waals surface area contributed by atoms with Crippen LogP contribution in [0.4, 0.5) is 5.82 Å². The van der Waals surface area contributed by atoms with Crippen LogP contribution in [-0.4, -0.2) is 86.5 Å². The van der Waals surface area contributed by atoms with Crippen LogP contribution in [0.2, 0.25) is 0 Å². The molecule has 8 heteroatoms. The average Bonchev–Trinajstić information content (AvgIpc) is 2.80. The molecule has 2 fully saturated rings. The highest BCUT2D eigenvalue weighted by Gasteiger charge is 2.22. The van der Waals surface area contributed by atoms with Crippen LogP contribution in [-0.2, 0) is 9.47 Å². The molecule has 0 bridgehead atoms. The summed E-state index contributed by atoms with van der Waals surface area (Å²) in [7, 11) is 0. The van der Waals surface area contributed by atoms with Crippen LogP contribution in [0.15, 0.2) is 30.5 Å². The van der Waals surface area contributed by atoms with E-state index in [0.717, 1.165) is 44.0 Å². The van der Waals surface area contributed by atoms with E-state index in [9.17, 15) is 4.79 Å². The van der Waals surface area contributed by atoms with E-state index in [4.69, 9.17) is 14.5 Å². The van der Waals surface area contributed by atoms with Crippen molar-refractivity contribution >= 4 is 11.7 Å². The quantitative estimate of drug-likeness (QED) is 0.769. The van der Waals surface area contributed by atoms with Gasteiger partial charge in [-0.15, -0.1) is 0 Å². The molecule has 160 valence electrons. The minimum atomic E-state index is -0.138. The van der Waals surface area contributed by atoms with Crippen LogP contribution in [0, 0.1) is 6.92 Å². The third-order valence-corrected chi connectivity index (χ3v) is 5.42. The Labute approximate surface area is 177 Å². The molecule has 1 amide bonds. The summed E-state index contributed by atoms with van der Waals surface area (Å²) >= 11 is 0. The number of nitrogens with zero attached hydrogens (tertiary/aromatic N) is 4. The van der Waals surface area contributed by atoms with Crippen LogP contribution in [0.1, 0.15) is 15.9 Å². The van der Waals surface area contributed by atoms with Crippen LogP contribution < -0.4 is 10.2 Å². The minimum Gasteiger partial charge on any atom is -0.379 e. The summed E-state index contributed by atoms with van der Waals surface area (Å²) < 4.78 is 10.9. The number of aryl methyl sites for hydroxylation is 1. The van der Waals surface area contributed by atoms with E-state index in [-0.39, 0.29) is 5.91 Å². The molecular formula is C22H29N5O3. The average molecular weight is 412 g/mol. The molecule has 1 aromatic carbocycles. The summed E-state index contributed by atoms with van der Waals surface area (Å²) in [6.45, 7) is 9.42. The number of anilines is 1. The molecule has 0 radical (unpaired) electrons. The molecule has 0 saturated carbocycles. The zero-order chi connectivity index (χ0) is 20.8. The van der Waals surface area contributed by atoms with Gasteiger partial charge in [0.05, 0.1) is 26.4 Å². The van der Waals surface area contributed by atoms with Crippen LogP contribution >= 0.6 is 0 Å². The van der Waals surface area contributed by atoms with Crippen molar-refractivity contribution in [2.75, 3.05) is 70.6 Å². The number of morpholine rings is 2. The molecule has 2 aliphatic heterocycles. The summed E-state index contributed by atoms with van der Waals surface area (Å²) in [5.74, 6) is 1.17. The Balaban J connectivity index is 1.52. The highest BCUT2D eigenvalue weighted by atomic mass is 16.5. The van der Waals surface area contributed by atoms with Crippen molar-refractivity contribution in [3.8, 4) is 11.4 Å². The van der Waals surface area contributed by atoms with E-state index in [1.54, 1.807) is 6.20 Å². The zero-order valence-electron chi connectivity index (χ0n) is 17.5. The Morgan fingerprint density at radius 2 is 1.83 bits per heavy atom. The number of carbonyl (C=O) groups is 1. The van der Waals surface area contributed by atoms with Gasteiger partial charge < -0.3 is 19.7 Å². The Hall–Kier alpha value is -2.55. The number of carbonyl (C=O) groups excluding carboxylic acids is 1. The topological polar surface area (TPSA) is 79.8 Å². The molecule has 0 spiro atoms. The van der Waals surface area contributed by atoms with E-state index < -0.39 is 0 Å². The van der Waals surface area contributed by atoms with Crippen molar-refractivity contribution in [2.45, 2.75) is 6.92 Å². The van der Waals surface area contributed by atoms with Crippen molar-refractivity contribution in [2.24, 2.45) is 0 Å². The summed E-state index contributed by atoms with van der Waals surface area (Å²) in [6, 6.07) is 8.09. The predicted octanol–water partition coefficient (Wildman–Crippen LogP) is 1.35. The van der Waals surface area contributed by atoms with Gasteiger partial charge in [0.15, 0.2) is 5.82 Å². The predicted molar refractivity (Wildman–Crippen MR) is 115 cm³/mol. The second-order valence-electron chi connectivity index (χ2n) is 7.61. The molecule has 0 atom stereocenters. The lowest BCUT2D eigenvalue weighted by Crippen LogP contribution is -2.42. The smallest absolute Gasteiger partial charge is 0.256 e. The molecule has 1 aromatic heterocycles. The summed E-state index contributed by atoms with van der Waals surface area (Å²) in [4.78, 5) is 26.7. The maximum Gasteiger partial charge on any atom is 0.256 e. The van der Waals surface area contributed by atoms with Gasteiger partial charge in [-0.2, -0.15) is 0 Å². The molecule has 8 nitrogen and oxygen atoms in total. The first-order valence-electron chi connectivity index (χ1n) is 10.6. The third-order valence-electron chi connectivity index (χ3n) is 5.42. The highest BCUT2D eigenvalue weighted by molar-refractivity contribution is 5.99. The van der Waals surface area contributed by atoms with Gasteiger partial charge in [0.25, 0.3) is 5.91 Å². The first-order chi connectivity index (χ1) is 14.7.